The number of piperazine rings is 1. The zero-order chi connectivity index (χ0) is 16.9. The maximum absolute atomic E-state index is 12.4. The summed E-state index contributed by atoms with van der Waals surface area (Å²) >= 11 is 3.39. The first kappa shape index (κ1) is 16.4. The first-order chi connectivity index (χ1) is 11.7. The van der Waals surface area contributed by atoms with Gasteiger partial charge >= 0.3 is 0 Å². The fourth-order valence-electron chi connectivity index (χ4n) is 2.56. The van der Waals surface area contributed by atoms with Crippen LogP contribution in [0.3, 0.4) is 0 Å². The van der Waals surface area contributed by atoms with Gasteiger partial charge in [0.25, 0.3) is 5.91 Å². The maximum Gasteiger partial charge on any atom is 0.255 e. The molecular formula is C17H17BrN4O2. The number of nitrogens with zero attached hydrogens (tertiary/aromatic N) is 3. The van der Waals surface area contributed by atoms with Crippen molar-refractivity contribution in [1.29, 1.82) is 0 Å². The number of amides is 2. The van der Waals surface area contributed by atoms with Crippen LogP contribution in [0.5, 0.6) is 0 Å². The third-order valence-electron chi connectivity index (χ3n) is 3.88. The molecule has 1 aliphatic rings. The van der Waals surface area contributed by atoms with Gasteiger partial charge in [0, 0.05) is 48.1 Å². The van der Waals surface area contributed by atoms with Crippen LogP contribution >= 0.6 is 15.9 Å². The molecule has 1 N–H and O–H groups in total. The second-order valence-electron chi connectivity index (χ2n) is 5.50. The largest absolute Gasteiger partial charge is 0.353 e. The Morgan fingerprint density at radius 3 is 2.67 bits per heavy atom. The molecule has 3 rings (SSSR count). The quantitative estimate of drug-likeness (QED) is 0.816. The van der Waals surface area contributed by atoms with E-state index < -0.39 is 0 Å². The number of hydrogen-bond acceptors (Lipinski definition) is 4. The fraction of sp³-hybridized carbons (Fsp3) is 0.235. The Labute approximate surface area is 148 Å². The molecule has 0 bridgehead atoms. The third-order valence-corrected chi connectivity index (χ3v) is 4.37. The molecule has 24 heavy (non-hydrogen) atoms. The van der Waals surface area contributed by atoms with Crippen LogP contribution in [0, 0.1) is 0 Å². The van der Waals surface area contributed by atoms with Gasteiger partial charge < -0.3 is 15.1 Å². The molecule has 2 amide bonds. The lowest BCUT2D eigenvalue weighted by atomic mass is 10.2. The topological polar surface area (TPSA) is 65.5 Å². The molecule has 1 aromatic heterocycles. The zero-order valence-electron chi connectivity index (χ0n) is 13.0. The number of rotatable bonds is 4. The summed E-state index contributed by atoms with van der Waals surface area (Å²) in [5, 5.41) is 2.88. The Bertz CT molecular complexity index is 745. The molecule has 7 heteroatoms. The van der Waals surface area contributed by atoms with Gasteiger partial charge in [0.05, 0.1) is 0 Å². The summed E-state index contributed by atoms with van der Waals surface area (Å²) in [7, 11) is 0. The van der Waals surface area contributed by atoms with Crippen LogP contribution in [0.2, 0.25) is 0 Å². The van der Waals surface area contributed by atoms with E-state index in [2.05, 4.69) is 31.1 Å². The normalized spacial score (nSPS) is 14.4. The highest BCUT2D eigenvalue weighted by Crippen LogP contribution is 2.18. The zero-order valence-corrected chi connectivity index (χ0v) is 14.6. The van der Waals surface area contributed by atoms with E-state index in [1.54, 1.807) is 23.2 Å². The number of nitrogens with one attached hydrogen (secondary N) is 1. The molecule has 1 saturated heterocycles. The van der Waals surface area contributed by atoms with Crippen LogP contribution in [0.15, 0.2) is 47.1 Å². The first-order valence-corrected chi connectivity index (χ1v) is 8.42. The van der Waals surface area contributed by atoms with Gasteiger partial charge in [0.1, 0.15) is 5.82 Å². The van der Waals surface area contributed by atoms with Crippen molar-refractivity contribution >= 4 is 39.8 Å². The SMILES string of the molecule is O=CN1CCN(c2cc(C(=O)Nc3cccc(Br)c3)ccn2)CC1. The summed E-state index contributed by atoms with van der Waals surface area (Å²) in [4.78, 5) is 31.4. The number of aromatic nitrogens is 1. The van der Waals surface area contributed by atoms with Crippen LogP contribution in [-0.2, 0) is 4.79 Å². The van der Waals surface area contributed by atoms with Crippen molar-refractivity contribution in [2.45, 2.75) is 0 Å². The summed E-state index contributed by atoms with van der Waals surface area (Å²) < 4.78 is 0.906. The van der Waals surface area contributed by atoms with E-state index >= 15 is 0 Å². The van der Waals surface area contributed by atoms with Crippen molar-refractivity contribution in [3.63, 3.8) is 0 Å². The lowest BCUT2D eigenvalue weighted by Crippen LogP contribution is -2.46. The standard InChI is InChI=1S/C17H17BrN4O2/c18-14-2-1-3-15(11-14)20-17(24)13-4-5-19-16(10-13)22-8-6-21(12-23)7-9-22/h1-5,10-12H,6-9H2,(H,20,24). The van der Waals surface area contributed by atoms with Gasteiger partial charge in [-0.05, 0) is 30.3 Å². The lowest BCUT2D eigenvalue weighted by molar-refractivity contribution is -0.118. The molecule has 0 radical (unpaired) electrons. The smallest absolute Gasteiger partial charge is 0.255 e. The number of anilines is 2. The number of carbonyl (C=O) groups is 2. The van der Waals surface area contributed by atoms with Gasteiger partial charge in [-0.15, -0.1) is 0 Å². The van der Waals surface area contributed by atoms with Gasteiger partial charge in [-0.2, -0.15) is 0 Å². The predicted octanol–water partition coefficient (Wildman–Crippen LogP) is 2.37. The van der Waals surface area contributed by atoms with E-state index in [-0.39, 0.29) is 5.91 Å². The van der Waals surface area contributed by atoms with E-state index in [1.807, 2.05) is 24.3 Å². The van der Waals surface area contributed by atoms with Gasteiger partial charge in [-0.25, -0.2) is 4.98 Å². The van der Waals surface area contributed by atoms with Crippen molar-refractivity contribution in [1.82, 2.24) is 9.88 Å². The van der Waals surface area contributed by atoms with Gasteiger partial charge in [-0.1, -0.05) is 22.0 Å². The van der Waals surface area contributed by atoms with Crippen LogP contribution in [0.25, 0.3) is 0 Å². The lowest BCUT2D eigenvalue weighted by Gasteiger charge is -2.33. The van der Waals surface area contributed by atoms with E-state index in [0.29, 0.717) is 31.7 Å². The van der Waals surface area contributed by atoms with E-state index in [4.69, 9.17) is 0 Å². The molecule has 0 spiro atoms. The average molecular weight is 389 g/mol. The Kier molecular flexibility index (Phi) is 5.10. The highest BCUT2D eigenvalue weighted by Gasteiger charge is 2.18. The Morgan fingerprint density at radius 1 is 1.17 bits per heavy atom. The average Bonchev–Trinajstić information content (AvgIpc) is 2.62. The van der Waals surface area contributed by atoms with E-state index in [1.165, 1.54) is 0 Å². The molecule has 0 atom stereocenters. The molecule has 2 aromatic rings. The molecule has 2 heterocycles. The minimum absolute atomic E-state index is 0.178. The summed E-state index contributed by atoms with van der Waals surface area (Å²) in [5.41, 5.74) is 1.28. The Balaban J connectivity index is 1.70. The molecule has 6 nitrogen and oxygen atoms in total. The highest BCUT2D eigenvalue weighted by atomic mass is 79.9. The Hall–Kier alpha value is -2.41. The fourth-order valence-corrected chi connectivity index (χ4v) is 2.96. The minimum atomic E-state index is -0.178. The van der Waals surface area contributed by atoms with Crippen molar-refractivity contribution in [2.24, 2.45) is 0 Å². The second kappa shape index (κ2) is 7.44. The molecule has 1 aliphatic heterocycles. The van der Waals surface area contributed by atoms with Crippen LogP contribution in [0.1, 0.15) is 10.4 Å². The van der Waals surface area contributed by atoms with Crippen molar-refractivity contribution in [2.75, 3.05) is 36.4 Å². The molecule has 1 aromatic carbocycles. The second-order valence-corrected chi connectivity index (χ2v) is 6.41. The predicted molar refractivity (Wildman–Crippen MR) is 96.2 cm³/mol. The molecule has 1 fully saturated rings. The molecule has 0 unspecified atom stereocenters. The molecule has 0 aliphatic carbocycles. The highest BCUT2D eigenvalue weighted by molar-refractivity contribution is 9.10. The number of halogens is 1. The van der Waals surface area contributed by atoms with E-state index in [9.17, 15) is 9.59 Å². The number of benzene rings is 1. The van der Waals surface area contributed by atoms with Crippen LogP contribution in [-0.4, -0.2) is 48.4 Å². The summed E-state index contributed by atoms with van der Waals surface area (Å²) in [6.45, 7) is 2.75. The van der Waals surface area contributed by atoms with Gasteiger partial charge in [0.2, 0.25) is 6.41 Å². The molecular weight excluding hydrogens is 372 g/mol. The summed E-state index contributed by atoms with van der Waals surface area (Å²) in [6, 6.07) is 10.9. The first-order valence-electron chi connectivity index (χ1n) is 7.63. The molecule has 124 valence electrons. The van der Waals surface area contributed by atoms with Gasteiger partial charge in [0.15, 0.2) is 0 Å². The number of hydrogen-bond donors (Lipinski definition) is 1. The summed E-state index contributed by atoms with van der Waals surface area (Å²) in [5.74, 6) is 0.575. The number of pyridine rings is 1. The van der Waals surface area contributed by atoms with Crippen molar-refractivity contribution < 1.29 is 9.59 Å². The van der Waals surface area contributed by atoms with Crippen molar-refractivity contribution in [3.8, 4) is 0 Å². The third kappa shape index (κ3) is 3.91. The maximum atomic E-state index is 12.4. The Morgan fingerprint density at radius 2 is 1.96 bits per heavy atom. The molecule has 0 saturated carbocycles. The van der Waals surface area contributed by atoms with E-state index in [0.717, 1.165) is 22.4 Å². The summed E-state index contributed by atoms with van der Waals surface area (Å²) in [6.07, 6.45) is 2.50. The minimum Gasteiger partial charge on any atom is -0.353 e. The monoisotopic (exact) mass is 388 g/mol. The van der Waals surface area contributed by atoms with Crippen molar-refractivity contribution in [3.05, 3.63) is 52.6 Å². The van der Waals surface area contributed by atoms with Crippen LogP contribution in [0.4, 0.5) is 11.5 Å². The van der Waals surface area contributed by atoms with Gasteiger partial charge in [-0.3, -0.25) is 9.59 Å². The number of carbonyl (C=O) groups excluding carboxylic acids is 2. The van der Waals surface area contributed by atoms with Crippen LogP contribution < -0.4 is 10.2 Å².